The van der Waals surface area contributed by atoms with E-state index in [2.05, 4.69) is 15.4 Å². The topological polar surface area (TPSA) is 84.5 Å². The Morgan fingerprint density at radius 3 is 2.12 bits per heavy atom. The molecule has 2 N–H and O–H groups in total. The van der Waals surface area contributed by atoms with Crippen LogP contribution in [0, 0.1) is 0 Å². The lowest BCUT2D eigenvalue weighted by Crippen LogP contribution is -2.36. The lowest BCUT2D eigenvalue weighted by molar-refractivity contribution is -0.120. The highest BCUT2D eigenvalue weighted by Crippen LogP contribution is 2.05. The van der Waals surface area contributed by atoms with Gasteiger partial charge < -0.3 is 15.4 Å². The van der Waals surface area contributed by atoms with Gasteiger partial charge in [-0.2, -0.15) is 0 Å². The van der Waals surface area contributed by atoms with E-state index in [9.17, 15) is 14.4 Å². The Balaban J connectivity index is 1.79. The highest BCUT2D eigenvalue weighted by molar-refractivity contribution is 5.97. The van der Waals surface area contributed by atoms with Gasteiger partial charge in [0.1, 0.15) is 0 Å². The second kappa shape index (κ2) is 8.47. The molecule has 2 aromatic carbocycles. The molecule has 6 heteroatoms. The summed E-state index contributed by atoms with van der Waals surface area (Å²) in [6.07, 6.45) is 0. The summed E-state index contributed by atoms with van der Waals surface area (Å²) < 4.78 is 4.59. The van der Waals surface area contributed by atoms with Crippen LogP contribution in [0.25, 0.3) is 0 Å². The molecular weight excluding hydrogens is 308 g/mol. The zero-order valence-corrected chi connectivity index (χ0v) is 13.2. The second-order valence-corrected chi connectivity index (χ2v) is 5.01. The Kier molecular flexibility index (Phi) is 6.08. The number of nitrogens with one attached hydrogen (secondary N) is 2. The molecule has 0 saturated carbocycles. The summed E-state index contributed by atoms with van der Waals surface area (Å²) in [6, 6.07) is 15.5. The van der Waals surface area contributed by atoms with Gasteiger partial charge in [-0.25, -0.2) is 4.79 Å². The van der Waals surface area contributed by atoms with Crippen molar-refractivity contribution in [2.75, 3.05) is 13.7 Å². The highest BCUT2D eigenvalue weighted by Gasteiger charge is 2.10. The zero-order chi connectivity index (χ0) is 17.4. The molecule has 0 aliphatic rings. The smallest absolute Gasteiger partial charge is 0.337 e. The molecule has 0 fully saturated rings. The largest absolute Gasteiger partial charge is 0.465 e. The average molecular weight is 326 g/mol. The van der Waals surface area contributed by atoms with Crippen molar-refractivity contribution in [1.29, 1.82) is 0 Å². The number of carbonyl (C=O) groups is 3. The van der Waals surface area contributed by atoms with Crippen LogP contribution >= 0.6 is 0 Å². The summed E-state index contributed by atoms with van der Waals surface area (Å²) in [7, 11) is 1.29. The van der Waals surface area contributed by atoms with Crippen molar-refractivity contribution < 1.29 is 19.1 Å². The Bertz CT molecular complexity index is 712. The normalized spacial score (nSPS) is 9.88. The summed E-state index contributed by atoms with van der Waals surface area (Å²) in [4.78, 5) is 35.0. The van der Waals surface area contributed by atoms with Crippen molar-refractivity contribution >= 4 is 17.8 Å². The van der Waals surface area contributed by atoms with Crippen LogP contribution < -0.4 is 10.6 Å². The third-order valence-electron chi connectivity index (χ3n) is 3.31. The number of carbonyl (C=O) groups excluding carboxylic acids is 3. The van der Waals surface area contributed by atoms with Crippen molar-refractivity contribution in [3.05, 3.63) is 71.3 Å². The summed E-state index contributed by atoms with van der Waals surface area (Å²) >= 11 is 0. The van der Waals surface area contributed by atoms with Crippen LogP contribution in [-0.4, -0.2) is 31.4 Å². The van der Waals surface area contributed by atoms with E-state index in [1.54, 1.807) is 0 Å². The molecule has 124 valence electrons. The number of methoxy groups -OCH3 is 1. The predicted octanol–water partition coefficient (Wildman–Crippen LogP) is 1.52. The van der Waals surface area contributed by atoms with E-state index in [0.29, 0.717) is 17.7 Å². The van der Waals surface area contributed by atoms with Crippen LogP contribution in [0.2, 0.25) is 0 Å². The van der Waals surface area contributed by atoms with Crippen LogP contribution in [0.3, 0.4) is 0 Å². The molecular formula is C18H18N2O4. The molecule has 24 heavy (non-hydrogen) atoms. The summed E-state index contributed by atoms with van der Waals surface area (Å²) in [5.74, 6) is -1.14. The molecule has 0 radical (unpaired) electrons. The Hall–Kier alpha value is -3.15. The summed E-state index contributed by atoms with van der Waals surface area (Å²) in [6.45, 7) is 0.286. The minimum absolute atomic E-state index is 0.121. The molecule has 0 aliphatic carbocycles. The van der Waals surface area contributed by atoms with Crippen molar-refractivity contribution in [3.63, 3.8) is 0 Å². The van der Waals surface area contributed by atoms with Gasteiger partial charge in [0.25, 0.3) is 5.91 Å². The molecule has 0 saturated heterocycles. The molecule has 6 nitrogen and oxygen atoms in total. The fraction of sp³-hybridized carbons (Fsp3) is 0.167. The van der Waals surface area contributed by atoms with Crippen LogP contribution in [0.4, 0.5) is 0 Å². The van der Waals surface area contributed by atoms with Crippen molar-refractivity contribution in [2.45, 2.75) is 6.54 Å². The SMILES string of the molecule is COC(=O)c1ccc(C(=O)NCC(=O)NCc2ccccc2)cc1. The first-order valence-corrected chi connectivity index (χ1v) is 7.37. The second-order valence-electron chi connectivity index (χ2n) is 5.01. The van der Waals surface area contributed by atoms with Crippen LogP contribution in [0.5, 0.6) is 0 Å². The van der Waals surface area contributed by atoms with Crippen LogP contribution in [0.15, 0.2) is 54.6 Å². The van der Waals surface area contributed by atoms with Gasteiger partial charge in [0.05, 0.1) is 19.2 Å². The average Bonchev–Trinajstić information content (AvgIpc) is 2.64. The lowest BCUT2D eigenvalue weighted by atomic mass is 10.1. The van der Waals surface area contributed by atoms with E-state index in [4.69, 9.17) is 0 Å². The van der Waals surface area contributed by atoms with Gasteiger partial charge in [-0.1, -0.05) is 30.3 Å². The van der Waals surface area contributed by atoms with E-state index < -0.39 is 5.97 Å². The Morgan fingerprint density at radius 2 is 1.50 bits per heavy atom. The van der Waals surface area contributed by atoms with Crippen molar-refractivity contribution in [1.82, 2.24) is 10.6 Å². The molecule has 0 aliphatic heterocycles. The number of ether oxygens (including phenoxy) is 1. The third kappa shape index (κ3) is 4.95. The number of hydrogen-bond acceptors (Lipinski definition) is 4. The van der Waals surface area contributed by atoms with E-state index in [1.807, 2.05) is 30.3 Å². The lowest BCUT2D eigenvalue weighted by Gasteiger charge is -2.07. The van der Waals surface area contributed by atoms with Gasteiger partial charge in [-0.05, 0) is 29.8 Å². The Labute approximate surface area is 139 Å². The maximum absolute atomic E-state index is 12.0. The standard InChI is InChI=1S/C18H18N2O4/c1-24-18(23)15-9-7-14(8-10-15)17(22)20-12-16(21)19-11-13-5-3-2-4-6-13/h2-10H,11-12H2,1H3,(H,19,21)(H,20,22). The number of esters is 1. The van der Waals surface area contributed by atoms with Gasteiger partial charge in [0.15, 0.2) is 0 Å². The Morgan fingerprint density at radius 1 is 0.875 bits per heavy atom. The maximum Gasteiger partial charge on any atom is 0.337 e. The van der Waals surface area contributed by atoms with Gasteiger partial charge in [0.2, 0.25) is 5.91 Å². The van der Waals surface area contributed by atoms with Gasteiger partial charge in [-0.15, -0.1) is 0 Å². The van der Waals surface area contributed by atoms with E-state index in [0.717, 1.165) is 5.56 Å². The van der Waals surface area contributed by atoms with Crippen LogP contribution in [0.1, 0.15) is 26.3 Å². The first kappa shape index (κ1) is 17.2. The quantitative estimate of drug-likeness (QED) is 0.788. The maximum atomic E-state index is 12.0. The highest BCUT2D eigenvalue weighted by atomic mass is 16.5. The molecule has 0 spiro atoms. The predicted molar refractivity (Wildman–Crippen MR) is 88.4 cm³/mol. The monoisotopic (exact) mass is 326 g/mol. The molecule has 2 aromatic rings. The number of benzene rings is 2. The minimum atomic E-state index is -0.470. The third-order valence-corrected chi connectivity index (χ3v) is 3.31. The molecule has 0 atom stereocenters. The van der Waals surface area contributed by atoms with E-state index >= 15 is 0 Å². The zero-order valence-electron chi connectivity index (χ0n) is 13.2. The van der Waals surface area contributed by atoms with Crippen molar-refractivity contribution in [3.8, 4) is 0 Å². The van der Waals surface area contributed by atoms with Gasteiger partial charge >= 0.3 is 5.97 Å². The van der Waals surface area contributed by atoms with E-state index in [-0.39, 0.29) is 18.4 Å². The van der Waals surface area contributed by atoms with Gasteiger partial charge in [-0.3, -0.25) is 9.59 Å². The first-order valence-electron chi connectivity index (χ1n) is 7.37. The minimum Gasteiger partial charge on any atom is -0.465 e. The van der Waals surface area contributed by atoms with Gasteiger partial charge in [0, 0.05) is 12.1 Å². The molecule has 0 aromatic heterocycles. The molecule has 0 heterocycles. The van der Waals surface area contributed by atoms with E-state index in [1.165, 1.54) is 31.4 Å². The summed E-state index contributed by atoms with van der Waals surface area (Å²) in [5.41, 5.74) is 1.70. The van der Waals surface area contributed by atoms with Crippen molar-refractivity contribution in [2.24, 2.45) is 0 Å². The number of amides is 2. The molecule has 2 amide bonds. The number of rotatable bonds is 6. The van der Waals surface area contributed by atoms with Crippen LogP contribution in [-0.2, 0) is 16.1 Å². The first-order chi connectivity index (χ1) is 11.6. The fourth-order valence-corrected chi connectivity index (χ4v) is 2.00. The summed E-state index contributed by atoms with van der Waals surface area (Å²) in [5, 5.41) is 5.25. The molecule has 2 rings (SSSR count). The fourth-order valence-electron chi connectivity index (χ4n) is 2.00. The molecule has 0 bridgehead atoms. The number of hydrogen-bond donors (Lipinski definition) is 2. The molecule has 0 unspecified atom stereocenters.